The third-order valence-electron chi connectivity index (χ3n) is 0.751. The van der Waals surface area contributed by atoms with Gasteiger partial charge in [-0.1, -0.05) is 19.4 Å². The van der Waals surface area contributed by atoms with E-state index in [1.165, 1.54) is 0 Å². The highest BCUT2D eigenvalue weighted by atomic mass is 13.8. The summed E-state index contributed by atoms with van der Waals surface area (Å²) >= 11 is 0. The standard InChI is InChI=1S/C8H12/c1-3-5-7-8-6-4-2/h7-8H,1-5H2. The van der Waals surface area contributed by atoms with Gasteiger partial charge in [-0.25, -0.2) is 0 Å². The van der Waals surface area contributed by atoms with Crippen LogP contribution in [0.1, 0.15) is 19.3 Å². The van der Waals surface area contributed by atoms with Crippen LogP contribution in [0, 0.1) is 26.3 Å². The summed E-state index contributed by atoms with van der Waals surface area (Å²) in [5.74, 6) is 0. The highest BCUT2D eigenvalue weighted by Crippen LogP contribution is 1.92. The van der Waals surface area contributed by atoms with Gasteiger partial charge in [0, 0.05) is 0 Å². The van der Waals surface area contributed by atoms with Gasteiger partial charge in [-0.2, -0.15) is 0 Å². The Morgan fingerprint density at radius 1 is 1.38 bits per heavy atom. The van der Waals surface area contributed by atoms with Gasteiger partial charge in [0.1, 0.15) is 0 Å². The van der Waals surface area contributed by atoms with Gasteiger partial charge >= 0.3 is 0 Å². The van der Waals surface area contributed by atoms with E-state index in [2.05, 4.69) is 26.3 Å². The molecule has 0 fully saturated rings. The van der Waals surface area contributed by atoms with Gasteiger partial charge in [0.05, 0.1) is 0 Å². The van der Waals surface area contributed by atoms with Gasteiger partial charge in [0.25, 0.3) is 0 Å². The van der Waals surface area contributed by atoms with Crippen molar-refractivity contribution in [3.05, 3.63) is 32.4 Å². The molecule has 0 aromatic heterocycles. The van der Waals surface area contributed by atoms with E-state index in [-0.39, 0.29) is 0 Å². The Bertz CT molecular complexity index is 53.1. The summed E-state index contributed by atoms with van der Waals surface area (Å²) in [6.07, 6.45) is 9.71. The normalized spacial score (nSPS) is 10.8. The molecule has 44 valence electrons. The topological polar surface area (TPSA) is 0 Å². The van der Waals surface area contributed by atoms with Gasteiger partial charge in [-0.05, 0) is 32.3 Å². The van der Waals surface area contributed by atoms with E-state index >= 15 is 0 Å². The van der Waals surface area contributed by atoms with Crippen LogP contribution in [0.3, 0.4) is 0 Å². The Labute approximate surface area is 52.6 Å². The first-order valence-electron chi connectivity index (χ1n) is 2.88. The lowest BCUT2D eigenvalue weighted by Crippen LogP contribution is -1.67. The first-order valence-corrected chi connectivity index (χ1v) is 2.88. The summed E-state index contributed by atoms with van der Waals surface area (Å²) in [6.45, 7) is 7.29. The number of hydrogen-bond acceptors (Lipinski definition) is 0. The monoisotopic (exact) mass is 108 g/mol. The second-order valence-electron chi connectivity index (χ2n) is 1.50. The first kappa shape index (κ1) is 7.74. The molecule has 0 aliphatic carbocycles. The van der Waals surface area contributed by atoms with Gasteiger partial charge in [0.2, 0.25) is 0 Å². The van der Waals surface area contributed by atoms with Gasteiger partial charge in [-0.15, -0.1) is 0 Å². The highest BCUT2D eigenvalue weighted by molar-refractivity contribution is 4.89. The van der Waals surface area contributed by atoms with Crippen molar-refractivity contribution in [3.8, 4) is 0 Å². The minimum Gasteiger partial charge on any atom is -0.0773 e. The molecule has 0 nitrogen and oxygen atoms in total. The van der Waals surface area contributed by atoms with Crippen molar-refractivity contribution in [1.29, 1.82) is 0 Å². The summed E-state index contributed by atoms with van der Waals surface area (Å²) in [7, 11) is 0. The van der Waals surface area contributed by atoms with Crippen LogP contribution in [0.15, 0.2) is 6.08 Å². The van der Waals surface area contributed by atoms with Crippen molar-refractivity contribution in [3.63, 3.8) is 0 Å². The van der Waals surface area contributed by atoms with Crippen LogP contribution < -0.4 is 0 Å². The number of unbranched alkanes of at least 4 members (excludes halogenated alkanes) is 2. The van der Waals surface area contributed by atoms with Crippen molar-refractivity contribution in [1.82, 2.24) is 0 Å². The third kappa shape index (κ3) is 5.74. The SMILES string of the molecule is [CH2]C/[C]=C/[CH]CC[CH2]. The van der Waals surface area contributed by atoms with Crippen LogP contribution in [0.5, 0.6) is 0 Å². The maximum atomic E-state index is 3.69. The molecular weight excluding hydrogens is 96.1 g/mol. The molecule has 0 N–H and O–H groups in total. The molecule has 8 heavy (non-hydrogen) atoms. The molecule has 0 aliphatic rings. The zero-order chi connectivity index (χ0) is 6.24. The van der Waals surface area contributed by atoms with E-state index in [4.69, 9.17) is 0 Å². The molecule has 0 heterocycles. The molecule has 0 amide bonds. The molecule has 0 aromatic rings. The molecule has 0 spiro atoms. The lowest BCUT2D eigenvalue weighted by atomic mass is 10.2. The number of allylic oxidation sites excluding steroid dienone is 2. The predicted molar refractivity (Wildman–Crippen MR) is 36.7 cm³/mol. The average molecular weight is 108 g/mol. The zero-order valence-electron chi connectivity index (χ0n) is 5.19. The van der Waals surface area contributed by atoms with E-state index in [0.717, 1.165) is 19.3 Å². The van der Waals surface area contributed by atoms with Crippen molar-refractivity contribution in [2.75, 3.05) is 0 Å². The molecule has 0 saturated carbocycles. The van der Waals surface area contributed by atoms with Gasteiger partial charge in [-0.3, -0.25) is 0 Å². The Hall–Kier alpha value is -0.260. The average Bonchev–Trinajstić information content (AvgIpc) is 1.81. The minimum atomic E-state index is 0.758. The second-order valence-corrected chi connectivity index (χ2v) is 1.50. The fourth-order valence-electron chi connectivity index (χ4n) is 0.368. The fourth-order valence-corrected chi connectivity index (χ4v) is 0.368. The molecular formula is C8H12. The van der Waals surface area contributed by atoms with Crippen LogP contribution in [0.4, 0.5) is 0 Å². The number of hydrogen-bond donors (Lipinski definition) is 0. The minimum absolute atomic E-state index is 0.758. The van der Waals surface area contributed by atoms with Gasteiger partial charge in [0.15, 0.2) is 0 Å². The molecule has 0 atom stereocenters. The Morgan fingerprint density at radius 2 is 2.12 bits per heavy atom. The summed E-state index contributed by atoms with van der Waals surface area (Å²) in [5, 5.41) is 0. The summed E-state index contributed by atoms with van der Waals surface area (Å²) in [4.78, 5) is 0. The van der Waals surface area contributed by atoms with Crippen molar-refractivity contribution in [2.24, 2.45) is 0 Å². The van der Waals surface area contributed by atoms with E-state index < -0.39 is 0 Å². The zero-order valence-corrected chi connectivity index (χ0v) is 5.19. The van der Waals surface area contributed by atoms with Gasteiger partial charge < -0.3 is 0 Å². The fraction of sp³-hybridized carbons (Fsp3) is 0.375. The maximum absolute atomic E-state index is 3.69. The molecule has 0 saturated heterocycles. The van der Waals surface area contributed by atoms with E-state index in [9.17, 15) is 0 Å². The lowest BCUT2D eigenvalue weighted by Gasteiger charge is -1.84. The lowest BCUT2D eigenvalue weighted by molar-refractivity contribution is 0.998. The van der Waals surface area contributed by atoms with E-state index in [1.807, 2.05) is 6.08 Å². The second kappa shape index (κ2) is 6.74. The molecule has 0 aliphatic heterocycles. The molecule has 0 bridgehead atoms. The molecule has 0 aromatic carbocycles. The van der Waals surface area contributed by atoms with Crippen LogP contribution in [-0.4, -0.2) is 0 Å². The summed E-state index contributed by atoms with van der Waals surface area (Å²) in [6, 6.07) is 0. The van der Waals surface area contributed by atoms with Crippen molar-refractivity contribution < 1.29 is 0 Å². The van der Waals surface area contributed by atoms with Crippen LogP contribution in [0.25, 0.3) is 0 Å². The largest absolute Gasteiger partial charge is 0.0773 e. The van der Waals surface area contributed by atoms with Crippen LogP contribution in [-0.2, 0) is 0 Å². The third-order valence-corrected chi connectivity index (χ3v) is 0.751. The molecule has 0 rings (SSSR count). The smallest absolute Gasteiger partial charge is 0.0164 e. The highest BCUT2D eigenvalue weighted by Gasteiger charge is 1.75. The van der Waals surface area contributed by atoms with Crippen LogP contribution in [0.2, 0.25) is 0 Å². The van der Waals surface area contributed by atoms with Crippen LogP contribution >= 0.6 is 0 Å². The Morgan fingerprint density at radius 3 is 2.62 bits per heavy atom. The number of rotatable bonds is 4. The molecule has 0 unspecified atom stereocenters. The van der Waals surface area contributed by atoms with E-state index in [1.54, 1.807) is 0 Å². The van der Waals surface area contributed by atoms with E-state index in [0.29, 0.717) is 0 Å². The summed E-state index contributed by atoms with van der Waals surface area (Å²) in [5.41, 5.74) is 0. The Kier molecular flexibility index (Phi) is 6.52. The predicted octanol–water partition coefficient (Wildman–Crippen LogP) is 2.39. The quantitative estimate of drug-likeness (QED) is 0.485. The van der Waals surface area contributed by atoms with Crippen molar-refractivity contribution in [2.45, 2.75) is 19.3 Å². The molecule has 4 radical (unpaired) electrons. The maximum Gasteiger partial charge on any atom is -0.0164 e. The van der Waals surface area contributed by atoms with Crippen molar-refractivity contribution >= 4 is 0 Å². The molecule has 0 heteroatoms. The summed E-state index contributed by atoms with van der Waals surface area (Å²) < 4.78 is 0. The first-order chi connectivity index (χ1) is 3.91. The Balaban J connectivity index is 2.80.